The van der Waals surface area contributed by atoms with E-state index in [9.17, 15) is 0 Å². The van der Waals surface area contributed by atoms with Gasteiger partial charge in [-0.2, -0.15) is 0 Å². The highest BCUT2D eigenvalue weighted by molar-refractivity contribution is 7.27. The van der Waals surface area contributed by atoms with E-state index >= 15 is 0 Å². The lowest BCUT2D eigenvalue weighted by molar-refractivity contribution is 1.02. The predicted octanol–water partition coefficient (Wildman–Crippen LogP) is 15.4. The van der Waals surface area contributed by atoms with Crippen molar-refractivity contribution in [3.05, 3.63) is 182 Å². The first kappa shape index (κ1) is 32.6. The molecule has 9 aromatic carbocycles. The van der Waals surface area contributed by atoms with E-state index in [0.29, 0.717) is 5.95 Å². The molecule has 6 heteroatoms. The Labute approximate surface area is 350 Å². The van der Waals surface area contributed by atoms with Gasteiger partial charge in [-0.3, -0.25) is 4.57 Å². The normalized spacial score (nSPS) is 12.3. The lowest BCUT2D eigenvalue weighted by Crippen LogP contribution is -2.03. The topological polar surface area (TPSA) is 35.6 Å². The average Bonchev–Trinajstić information content (AvgIpc) is 4.07. The van der Waals surface area contributed by atoms with E-state index in [1.165, 1.54) is 73.5 Å². The number of hydrogen-bond donors (Lipinski definition) is 0. The van der Waals surface area contributed by atoms with E-state index in [-0.39, 0.29) is 0 Å². The molecule has 0 N–H and O–H groups in total. The molecule has 278 valence electrons. The zero-order valence-corrected chi connectivity index (χ0v) is 33.6. The Morgan fingerprint density at radius 2 is 1.00 bits per heavy atom. The number of fused-ring (bicyclic) bond motifs is 18. The average molecular weight is 799 g/mol. The first-order valence-corrected chi connectivity index (χ1v) is 21.9. The van der Waals surface area contributed by atoms with E-state index in [1.807, 2.05) is 11.3 Å². The van der Waals surface area contributed by atoms with E-state index in [2.05, 4.69) is 191 Å². The molecule has 0 unspecified atom stereocenters. The lowest BCUT2D eigenvalue weighted by Gasteiger charge is -2.13. The predicted molar refractivity (Wildman–Crippen MR) is 257 cm³/mol. The van der Waals surface area contributed by atoms with Crippen molar-refractivity contribution in [1.29, 1.82) is 0 Å². The van der Waals surface area contributed by atoms with Crippen LogP contribution in [0.25, 0.3) is 129 Å². The molecule has 0 amide bonds. The fourth-order valence-electron chi connectivity index (χ4n) is 9.98. The molecule has 0 radical (unpaired) electrons. The van der Waals surface area contributed by atoms with Crippen LogP contribution in [0.15, 0.2) is 182 Å². The second-order valence-electron chi connectivity index (χ2n) is 15.7. The first-order valence-electron chi connectivity index (χ1n) is 20.2. The smallest absolute Gasteiger partial charge is 0.235 e. The van der Waals surface area contributed by atoms with Gasteiger partial charge in [0.1, 0.15) is 0 Å². The maximum atomic E-state index is 5.78. The Bertz CT molecular complexity index is 4130. The summed E-state index contributed by atoms with van der Waals surface area (Å²) in [5, 5.41) is 13.5. The van der Waals surface area contributed by atoms with Crippen LogP contribution in [0, 0.1) is 0 Å². The molecule has 0 atom stereocenters. The van der Waals surface area contributed by atoms with Gasteiger partial charge in [0.15, 0.2) is 0 Å². The molecule has 0 aliphatic carbocycles. The number of aromatic nitrogens is 4. The zero-order valence-electron chi connectivity index (χ0n) is 31.9. The molecular formula is C54H30N4S2. The molecule has 0 saturated carbocycles. The zero-order chi connectivity index (χ0) is 39.1. The van der Waals surface area contributed by atoms with Gasteiger partial charge in [-0.1, -0.05) is 146 Å². The number of hydrogen-bond acceptors (Lipinski definition) is 4. The lowest BCUT2D eigenvalue weighted by atomic mass is 9.98. The van der Waals surface area contributed by atoms with E-state index < -0.39 is 0 Å². The maximum Gasteiger partial charge on any atom is 0.235 e. The monoisotopic (exact) mass is 798 g/mol. The van der Waals surface area contributed by atoms with Crippen molar-refractivity contribution in [2.75, 3.05) is 0 Å². The first-order chi connectivity index (χ1) is 29.8. The number of para-hydroxylation sites is 2. The van der Waals surface area contributed by atoms with Crippen molar-refractivity contribution < 1.29 is 0 Å². The second-order valence-corrected chi connectivity index (χ2v) is 17.8. The summed E-state index contributed by atoms with van der Waals surface area (Å²) in [4.78, 5) is 11.4. The standard InChI is InChI=1S/C54H30N4S2/c1-2-15-33(16-3-1)57-42-23-11-8-18-35(42)36-28-27-32(30-43(36)57)48-53-49(40-22-10-13-25-45(40)60-53)56-54(55-48)58-50-34-17-5-4-14-31(34)26-29-41(50)46-37-19-6-7-20-38(37)47-39-21-9-12-24-44(39)59-52(47)51(46)58/h1-30H. The molecule has 0 aliphatic rings. The Morgan fingerprint density at radius 1 is 0.383 bits per heavy atom. The Hall–Kier alpha value is -7.38. The second kappa shape index (κ2) is 12.1. The fraction of sp³-hybridized carbons (Fsp3) is 0. The highest BCUT2D eigenvalue weighted by Crippen LogP contribution is 2.49. The molecule has 0 saturated heterocycles. The molecule has 60 heavy (non-hydrogen) atoms. The highest BCUT2D eigenvalue weighted by atomic mass is 32.1. The summed E-state index contributed by atoms with van der Waals surface area (Å²) >= 11 is 3.65. The van der Waals surface area contributed by atoms with Gasteiger partial charge in [0.25, 0.3) is 0 Å². The van der Waals surface area contributed by atoms with Crippen molar-refractivity contribution in [2.24, 2.45) is 0 Å². The van der Waals surface area contributed by atoms with Crippen LogP contribution in [0.2, 0.25) is 0 Å². The van der Waals surface area contributed by atoms with E-state index in [0.717, 1.165) is 49.1 Å². The largest absolute Gasteiger partial charge is 0.309 e. The van der Waals surface area contributed by atoms with Crippen LogP contribution in [-0.2, 0) is 0 Å². The molecule has 0 bridgehead atoms. The van der Waals surface area contributed by atoms with Gasteiger partial charge in [-0.15, -0.1) is 22.7 Å². The third kappa shape index (κ3) is 4.33. The summed E-state index contributed by atoms with van der Waals surface area (Å²) in [6, 6.07) is 66.1. The molecule has 0 fully saturated rings. The minimum absolute atomic E-state index is 0.676. The number of nitrogens with zero attached hydrogens (tertiary/aromatic N) is 4. The van der Waals surface area contributed by atoms with Crippen molar-refractivity contribution in [2.45, 2.75) is 0 Å². The van der Waals surface area contributed by atoms with Crippen molar-refractivity contribution >= 4 is 128 Å². The summed E-state index contributed by atoms with van der Waals surface area (Å²) < 4.78 is 9.61. The molecule has 5 heterocycles. The van der Waals surface area contributed by atoms with Gasteiger partial charge in [0.05, 0.1) is 42.7 Å². The van der Waals surface area contributed by atoms with Crippen LogP contribution < -0.4 is 0 Å². The van der Waals surface area contributed by atoms with Crippen molar-refractivity contribution in [3.8, 4) is 22.9 Å². The summed E-state index contributed by atoms with van der Waals surface area (Å²) in [6.45, 7) is 0. The number of rotatable bonds is 3. The van der Waals surface area contributed by atoms with Gasteiger partial charge in [0, 0.05) is 63.7 Å². The van der Waals surface area contributed by atoms with Crippen LogP contribution in [0.4, 0.5) is 0 Å². The van der Waals surface area contributed by atoms with Crippen LogP contribution in [0.1, 0.15) is 0 Å². The number of benzene rings is 9. The van der Waals surface area contributed by atoms with Gasteiger partial charge < -0.3 is 4.57 Å². The Morgan fingerprint density at radius 3 is 1.83 bits per heavy atom. The molecule has 14 aromatic rings. The van der Waals surface area contributed by atoms with Gasteiger partial charge in [-0.05, 0) is 52.6 Å². The van der Waals surface area contributed by atoms with Crippen molar-refractivity contribution in [3.63, 3.8) is 0 Å². The van der Waals surface area contributed by atoms with E-state index in [1.54, 1.807) is 11.3 Å². The molecular weight excluding hydrogens is 769 g/mol. The molecule has 5 aromatic heterocycles. The summed E-state index contributed by atoms with van der Waals surface area (Å²) in [5.41, 5.74) is 8.72. The minimum atomic E-state index is 0.676. The molecule has 0 aliphatic heterocycles. The van der Waals surface area contributed by atoms with E-state index in [4.69, 9.17) is 9.97 Å². The van der Waals surface area contributed by atoms with Gasteiger partial charge >= 0.3 is 0 Å². The molecule has 14 rings (SSSR count). The third-order valence-corrected chi connectivity index (χ3v) is 14.8. The SMILES string of the molecule is c1ccc(-n2c3ccccc3c3ccc(-c4nc(-n5c6c7ccccc7ccc6c6c7ccccc7c7c8ccccc8sc7c65)nc5c4sc4ccccc45)cc32)cc1. The van der Waals surface area contributed by atoms with Crippen LogP contribution in [0.5, 0.6) is 0 Å². The Balaban J connectivity index is 1.18. The molecule has 0 spiro atoms. The highest BCUT2D eigenvalue weighted by Gasteiger charge is 2.26. The van der Waals surface area contributed by atoms with Gasteiger partial charge in [0.2, 0.25) is 5.95 Å². The van der Waals surface area contributed by atoms with Crippen LogP contribution in [-0.4, -0.2) is 19.1 Å². The van der Waals surface area contributed by atoms with Crippen LogP contribution >= 0.6 is 22.7 Å². The summed E-state index contributed by atoms with van der Waals surface area (Å²) in [7, 11) is 0. The number of thiophene rings is 2. The quantitative estimate of drug-likeness (QED) is 0.178. The van der Waals surface area contributed by atoms with Crippen LogP contribution in [0.3, 0.4) is 0 Å². The van der Waals surface area contributed by atoms with Gasteiger partial charge in [-0.25, -0.2) is 9.97 Å². The summed E-state index contributed by atoms with van der Waals surface area (Å²) in [6.07, 6.45) is 0. The fourth-order valence-corrected chi connectivity index (χ4v) is 12.4. The maximum absolute atomic E-state index is 5.78. The van der Waals surface area contributed by atoms with Crippen molar-refractivity contribution in [1.82, 2.24) is 19.1 Å². The third-order valence-electron chi connectivity index (χ3n) is 12.5. The molecule has 4 nitrogen and oxygen atoms in total. The Kier molecular flexibility index (Phi) is 6.56. The minimum Gasteiger partial charge on any atom is -0.309 e. The summed E-state index contributed by atoms with van der Waals surface area (Å²) in [5.74, 6) is 0.676.